The fourth-order valence-corrected chi connectivity index (χ4v) is 1.70. The Bertz CT molecular complexity index is 247. The van der Waals surface area contributed by atoms with E-state index in [1.54, 1.807) is 6.08 Å². The molecular formula is C12H20N2O. The first kappa shape index (κ1) is 13.7. The van der Waals surface area contributed by atoms with Crippen LogP contribution in [0.1, 0.15) is 39.5 Å². The molecule has 0 spiro atoms. The molecule has 0 aliphatic carbocycles. The number of rotatable bonds is 7. The number of carbonyl (C=O) groups excluding carboxylic acids is 1. The number of nitrogens with one attached hydrogen (secondary N) is 1. The lowest BCUT2D eigenvalue weighted by Crippen LogP contribution is -2.40. The van der Waals surface area contributed by atoms with E-state index in [1.165, 1.54) is 0 Å². The monoisotopic (exact) mass is 208 g/mol. The summed E-state index contributed by atoms with van der Waals surface area (Å²) in [6, 6.07) is 2.18. The lowest BCUT2D eigenvalue weighted by molar-refractivity contribution is -0.128. The van der Waals surface area contributed by atoms with Gasteiger partial charge in [0.15, 0.2) is 0 Å². The highest BCUT2D eigenvalue weighted by Gasteiger charge is 2.36. The van der Waals surface area contributed by atoms with Crippen LogP contribution in [0.25, 0.3) is 0 Å². The summed E-state index contributed by atoms with van der Waals surface area (Å²) in [7, 11) is 0. The molecule has 0 rings (SSSR count). The summed E-state index contributed by atoms with van der Waals surface area (Å²) in [6.07, 6.45) is 4.56. The van der Waals surface area contributed by atoms with Crippen molar-refractivity contribution in [3.8, 4) is 6.07 Å². The summed E-state index contributed by atoms with van der Waals surface area (Å²) >= 11 is 0. The van der Waals surface area contributed by atoms with E-state index in [4.69, 9.17) is 0 Å². The normalized spacial score (nSPS) is 10.5. The summed E-state index contributed by atoms with van der Waals surface area (Å²) in [5.74, 6) is -0.159. The van der Waals surface area contributed by atoms with Crippen LogP contribution in [0.15, 0.2) is 12.7 Å². The molecular weight excluding hydrogens is 188 g/mol. The highest BCUT2D eigenvalue weighted by molar-refractivity contribution is 5.85. The average molecular weight is 208 g/mol. The Balaban J connectivity index is 4.65. The van der Waals surface area contributed by atoms with E-state index >= 15 is 0 Å². The van der Waals surface area contributed by atoms with Crippen molar-refractivity contribution >= 4 is 5.91 Å². The van der Waals surface area contributed by atoms with Crippen molar-refractivity contribution in [2.75, 3.05) is 6.54 Å². The van der Waals surface area contributed by atoms with Gasteiger partial charge >= 0.3 is 0 Å². The first-order valence-corrected chi connectivity index (χ1v) is 5.47. The fourth-order valence-electron chi connectivity index (χ4n) is 1.70. The van der Waals surface area contributed by atoms with Crippen LogP contribution < -0.4 is 5.32 Å². The molecule has 0 aliphatic rings. The molecule has 0 aromatic rings. The van der Waals surface area contributed by atoms with Crippen LogP contribution >= 0.6 is 0 Å². The molecule has 0 aliphatic heterocycles. The van der Waals surface area contributed by atoms with Gasteiger partial charge in [-0.05, 0) is 12.8 Å². The number of hydrogen-bond acceptors (Lipinski definition) is 2. The number of nitrogens with zero attached hydrogens (tertiary/aromatic N) is 1. The SMILES string of the molecule is C=CCNC(=O)C(C#N)(CCC)CCC. The maximum absolute atomic E-state index is 11.9. The predicted octanol–water partition coefficient (Wildman–Crippen LogP) is 2.40. The Morgan fingerprint density at radius 1 is 1.47 bits per heavy atom. The van der Waals surface area contributed by atoms with Gasteiger partial charge in [-0.1, -0.05) is 32.8 Å². The van der Waals surface area contributed by atoms with E-state index in [1.807, 2.05) is 13.8 Å². The third-order valence-corrected chi connectivity index (χ3v) is 2.41. The van der Waals surface area contributed by atoms with E-state index in [-0.39, 0.29) is 5.91 Å². The van der Waals surface area contributed by atoms with Crippen molar-refractivity contribution in [3.05, 3.63) is 12.7 Å². The number of hydrogen-bond donors (Lipinski definition) is 1. The van der Waals surface area contributed by atoms with Gasteiger partial charge in [0.05, 0.1) is 6.07 Å². The van der Waals surface area contributed by atoms with Crippen molar-refractivity contribution in [2.45, 2.75) is 39.5 Å². The minimum absolute atomic E-state index is 0.159. The van der Waals surface area contributed by atoms with Gasteiger partial charge in [0, 0.05) is 6.54 Å². The molecule has 84 valence electrons. The van der Waals surface area contributed by atoms with Crippen LogP contribution in [0, 0.1) is 16.7 Å². The van der Waals surface area contributed by atoms with Crippen LogP contribution in [0.4, 0.5) is 0 Å². The molecule has 0 aromatic carbocycles. The largest absolute Gasteiger partial charge is 0.351 e. The van der Waals surface area contributed by atoms with Crippen molar-refractivity contribution in [1.82, 2.24) is 5.32 Å². The Morgan fingerprint density at radius 2 is 2.00 bits per heavy atom. The standard InChI is InChI=1S/C12H20N2O/c1-4-7-12(10-13,8-5-2)11(15)14-9-6-3/h6H,3-5,7-9H2,1-2H3,(H,14,15). The quantitative estimate of drug-likeness (QED) is 0.653. The first-order valence-electron chi connectivity index (χ1n) is 5.47. The highest BCUT2D eigenvalue weighted by Crippen LogP contribution is 2.29. The zero-order chi connectivity index (χ0) is 11.7. The molecule has 0 unspecified atom stereocenters. The molecule has 3 heteroatoms. The molecule has 3 nitrogen and oxygen atoms in total. The lowest BCUT2D eigenvalue weighted by atomic mass is 9.80. The Morgan fingerprint density at radius 3 is 2.33 bits per heavy atom. The predicted molar refractivity (Wildman–Crippen MR) is 61.1 cm³/mol. The van der Waals surface area contributed by atoms with Crippen molar-refractivity contribution in [2.24, 2.45) is 5.41 Å². The molecule has 0 radical (unpaired) electrons. The first-order chi connectivity index (χ1) is 7.16. The van der Waals surface area contributed by atoms with E-state index in [0.29, 0.717) is 19.4 Å². The molecule has 0 saturated heterocycles. The van der Waals surface area contributed by atoms with Gasteiger partial charge in [-0.3, -0.25) is 4.79 Å². The van der Waals surface area contributed by atoms with Crippen molar-refractivity contribution in [1.29, 1.82) is 5.26 Å². The highest BCUT2D eigenvalue weighted by atomic mass is 16.2. The van der Waals surface area contributed by atoms with Crippen LogP contribution in [0.2, 0.25) is 0 Å². The van der Waals surface area contributed by atoms with Gasteiger partial charge < -0.3 is 5.32 Å². The second kappa shape index (κ2) is 7.05. The summed E-state index contributed by atoms with van der Waals surface area (Å²) in [6.45, 7) is 7.94. The number of nitriles is 1. The zero-order valence-corrected chi connectivity index (χ0v) is 9.68. The lowest BCUT2D eigenvalue weighted by Gasteiger charge is -2.24. The van der Waals surface area contributed by atoms with Gasteiger partial charge in [0.25, 0.3) is 0 Å². The molecule has 0 fully saturated rings. The van der Waals surface area contributed by atoms with E-state index in [0.717, 1.165) is 12.8 Å². The van der Waals surface area contributed by atoms with Gasteiger partial charge in [0.1, 0.15) is 5.41 Å². The molecule has 0 atom stereocenters. The molecule has 0 saturated carbocycles. The van der Waals surface area contributed by atoms with Crippen molar-refractivity contribution < 1.29 is 4.79 Å². The summed E-state index contributed by atoms with van der Waals surface area (Å²) in [4.78, 5) is 11.9. The van der Waals surface area contributed by atoms with Crippen molar-refractivity contribution in [3.63, 3.8) is 0 Å². The van der Waals surface area contributed by atoms with E-state index in [9.17, 15) is 10.1 Å². The van der Waals surface area contributed by atoms with Crippen LogP contribution in [0.5, 0.6) is 0 Å². The minimum atomic E-state index is -0.841. The molecule has 0 heterocycles. The van der Waals surface area contributed by atoms with Gasteiger partial charge in [-0.25, -0.2) is 0 Å². The smallest absolute Gasteiger partial charge is 0.240 e. The summed E-state index contributed by atoms with van der Waals surface area (Å²) in [5, 5.41) is 11.9. The second-order valence-electron chi connectivity index (χ2n) is 3.69. The number of amides is 1. The van der Waals surface area contributed by atoms with Gasteiger partial charge in [-0.15, -0.1) is 6.58 Å². The summed E-state index contributed by atoms with van der Waals surface area (Å²) < 4.78 is 0. The molecule has 0 aromatic heterocycles. The summed E-state index contributed by atoms with van der Waals surface area (Å²) in [5.41, 5.74) is -0.841. The maximum Gasteiger partial charge on any atom is 0.240 e. The third kappa shape index (κ3) is 3.75. The minimum Gasteiger partial charge on any atom is -0.351 e. The topological polar surface area (TPSA) is 52.9 Å². The van der Waals surface area contributed by atoms with E-state index in [2.05, 4.69) is 18.0 Å². The second-order valence-corrected chi connectivity index (χ2v) is 3.69. The van der Waals surface area contributed by atoms with Crippen LogP contribution in [-0.4, -0.2) is 12.5 Å². The van der Waals surface area contributed by atoms with Crippen LogP contribution in [-0.2, 0) is 4.79 Å². The zero-order valence-electron chi connectivity index (χ0n) is 9.68. The van der Waals surface area contributed by atoms with Gasteiger partial charge in [0.2, 0.25) is 5.91 Å². The van der Waals surface area contributed by atoms with Gasteiger partial charge in [-0.2, -0.15) is 5.26 Å². The Labute approximate surface area is 92.2 Å². The Kier molecular flexibility index (Phi) is 6.44. The number of carbonyl (C=O) groups is 1. The molecule has 1 N–H and O–H groups in total. The fraction of sp³-hybridized carbons (Fsp3) is 0.667. The Hall–Kier alpha value is -1.30. The average Bonchev–Trinajstić information content (AvgIpc) is 2.25. The molecule has 15 heavy (non-hydrogen) atoms. The molecule has 1 amide bonds. The van der Waals surface area contributed by atoms with E-state index < -0.39 is 5.41 Å². The maximum atomic E-state index is 11.9. The molecule has 0 bridgehead atoms. The van der Waals surface area contributed by atoms with Crippen LogP contribution in [0.3, 0.4) is 0 Å². The third-order valence-electron chi connectivity index (χ3n) is 2.41.